The lowest BCUT2D eigenvalue weighted by Crippen LogP contribution is -2.75. The molecule has 0 spiro atoms. The van der Waals surface area contributed by atoms with Crippen molar-refractivity contribution in [3.63, 3.8) is 0 Å². The molecule has 6 atom stereocenters. The van der Waals surface area contributed by atoms with Crippen molar-refractivity contribution in [3.05, 3.63) is 0 Å². The van der Waals surface area contributed by atoms with Gasteiger partial charge < -0.3 is 24.1 Å². The van der Waals surface area contributed by atoms with E-state index in [0.29, 0.717) is 0 Å². The molecule has 2 aliphatic rings. The lowest BCUT2D eigenvalue weighted by atomic mass is 9.66. The predicted octanol–water partition coefficient (Wildman–Crippen LogP) is 5.48. The first kappa shape index (κ1) is 38.6. The summed E-state index contributed by atoms with van der Waals surface area (Å²) in [6.07, 6.45) is -1.05. The van der Waals surface area contributed by atoms with Crippen molar-refractivity contribution in [1.29, 1.82) is 0 Å². The highest BCUT2D eigenvalue weighted by Crippen LogP contribution is 2.59. The highest BCUT2D eigenvalue weighted by Gasteiger charge is 2.77. The summed E-state index contributed by atoms with van der Waals surface area (Å²) >= 11 is 0. The van der Waals surface area contributed by atoms with Crippen molar-refractivity contribution in [2.75, 3.05) is 19.8 Å². The minimum atomic E-state index is -2.86. The van der Waals surface area contributed by atoms with Gasteiger partial charge in [0, 0.05) is 19.8 Å². The maximum atomic E-state index is 13.9. The number of hydrogen-bond donors (Lipinski definition) is 3. The number of aliphatic hydroxyl groups excluding tert-OH is 1. The number of imide groups is 1. The number of ether oxygens (including phenoxy) is 2. The van der Waals surface area contributed by atoms with E-state index < -0.39 is 70.9 Å². The second-order valence-electron chi connectivity index (χ2n) is 17.6. The van der Waals surface area contributed by atoms with E-state index in [1.54, 1.807) is 0 Å². The van der Waals surface area contributed by atoms with Crippen molar-refractivity contribution in [2.45, 2.75) is 148 Å². The van der Waals surface area contributed by atoms with E-state index in [2.05, 4.69) is 86.1 Å². The molecular formula is C31H64N2O7Si3. The van der Waals surface area contributed by atoms with Gasteiger partial charge in [0.05, 0.1) is 38.4 Å². The van der Waals surface area contributed by atoms with Gasteiger partial charge in [-0.3, -0.25) is 15.0 Å². The normalized spacial score (nSPS) is 32.4. The van der Waals surface area contributed by atoms with Gasteiger partial charge in [-0.1, -0.05) is 88.5 Å². The van der Waals surface area contributed by atoms with Crippen molar-refractivity contribution >= 4 is 37.1 Å². The summed E-state index contributed by atoms with van der Waals surface area (Å²) in [6, 6.07) is -0.632. The van der Waals surface area contributed by atoms with Crippen LogP contribution in [-0.2, 0) is 18.7 Å². The number of carbonyl (C=O) groups excluding carboxylic acids is 2. The summed E-state index contributed by atoms with van der Waals surface area (Å²) in [5.74, 6) is -2.98. The highest BCUT2D eigenvalue weighted by atomic mass is 28.3. The molecule has 12 heteroatoms. The molecule has 2 fully saturated rings. The molecular weight excluding hydrogens is 597 g/mol. The first-order valence-corrected chi connectivity index (χ1v) is 24.8. The molecule has 3 unspecified atom stereocenters. The number of nitrogens with one attached hydrogen (secondary N) is 1. The van der Waals surface area contributed by atoms with Gasteiger partial charge in [-0.2, -0.15) is 0 Å². The third kappa shape index (κ3) is 6.13. The van der Waals surface area contributed by atoms with Gasteiger partial charge in [0.15, 0.2) is 9.04 Å². The number of amides is 3. The van der Waals surface area contributed by atoms with Crippen LogP contribution in [0.1, 0.15) is 76.2 Å². The Morgan fingerprint density at radius 1 is 1.05 bits per heavy atom. The molecule has 0 aromatic rings. The van der Waals surface area contributed by atoms with E-state index in [1.807, 2.05) is 34.6 Å². The molecule has 2 rings (SSSR count). The molecule has 0 saturated carbocycles. The molecule has 2 saturated heterocycles. The van der Waals surface area contributed by atoms with Crippen molar-refractivity contribution in [1.82, 2.24) is 10.2 Å². The van der Waals surface area contributed by atoms with Gasteiger partial charge >= 0.3 is 6.03 Å². The van der Waals surface area contributed by atoms with Crippen LogP contribution >= 0.6 is 0 Å². The minimum absolute atomic E-state index is 0.0211. The Morgan fingerprint density at radius 3 is 1.95 bits per heavy atom. The van der Waals surface area contributed by atoms with E-state index in [0.717, 1.165) is 0 Å². The monoisotopic (exact) mass is 660 g/mol. The predicted molar refractivity (Wildman–Crippen MR) is 181 cm³/mol. The largest absolute Gasteiger partial charge is 0.420 e. The Labute approximate surface area is 265 Å². The van der Waals surface area contributed by atoms with Gasteiger partial charge in [0.2, 0.25) is 5.91 Å². The van der Waals surface area contributed by atoms with Crippen molar-refractivity contribution in [3.8, 4) is 0 Å². The fraction of sp³-hybridized carbons (Fsp3) is 0.935. The van der Waals surface area contributed by atoms with Crippen LogP contribution in [-0.4, -0.2) is 95.0 Å². The van der Waals surface area contributed by atoms with E-state index >= 15 is 0 Å². The second kappa shape index (κ2) is 11.9. The quantitative estimate of drug-likeness (QED) is 0.280. The van der Waals surface area contributed by atoms with Gasteiger partial charge in [-0.05, 0) is 42.4 Å². The molecule has 2 heterocycles. The van der Waals surface area contributed by atoms with Gasteiger partial charge in [-0.15, -0.1) is 0 Å². The Bertz CT molecular complexity index is 1050. The van der Waals surface area contributed by atoms with Crippen LogP contribution < -0.4 is 5.32 Å². The first-order chi connectivity index (χ1) is 19.0. The maximum absolute atomic E-state index is 13.9. The smallest absolute Gasteiger partial charge is 0.328 e. The zero-order valence-corrected chi connectivity index (χ0v) is 33.5. The van der Waals surface area contributed by atoms with Crippen LogP contribution in [0.25, 0.3) is 0 Å². The van der Waals surface area contributed by atoms with Gasteiger partial charge in [-0.25, -0.2) is 4.79 Å². The molecule has 2 aliphatic heterocycles. The molecule has 43 heavy (non-hydrogen) atoms. The average Bonchev–Trinajstić information content (AvgIpc) is 3.07. The third-order valence-corrected chi connectivity index (χ3v) is 24.8. The summed E-state index contributed by atoms with van der Waals surface area (Å²) in [7, 11) is -7.05. The first-order valence-electron chi connectivity index (χ1n) is 16.0. The standard InChI is InChI=1S/C31H64N2O7Si3/c1-18-38-31(33-20-29(11,26(2,3)4)24(35)32-25(33)36)21(19-39-41(12)13)30(37,43(16,17)28(8,9)10)22(40-31)23(34)42(14,15)27(5,6)7/h21-23,34,37,41H,18-20H2,1-17H3,(H,32,35,36)/t21?,22-,23?,29?,30-,31-/m1/s1. The minimum Gasteiger partial charge on any atom is -0.420 e. The number of hydrogen-bond acceptors (Lipinski definition) is 7. The summed E-state index contributed by atoms with van der Waals surface area (Å²) < 4.78 is 20.1. The molecule has 3 N–H and O–H groups in total. The summed E-state index contributed by atoms with van der Waals surface area (Å²) in [5, 5.41) is 26.5. The van der Waals surface area contributed by atoms with E-state index in [1.165, 1.54) is 4.90 Å². The van der Waals surface area contributed by atoms with Crippen LogP contribution in [0.5, 0.6) is 0 Å². The van der Waals surface area contributed by atoms with Crippen molar-refractivity contribution < 1.29 is 33.7 Å². The number of carbonyl (C=O) groups is 2. The fourth-order valence-electron chi connectivity index (χ4n) is 6.13. The molecule has 3 amide bonds. The maximum Gasteiger partial charge on any atom is 0.328 e. The highest BCUT2D eigenvalue weighted by molar-refractivity contribution is 6.84. The van der Waals surface area contributed by atoms with Crippen LogP contribution in [0.4, 0.5) is 4.79 Å². The second-order valence-corrected chi connectivity index (χ2v) is 31.1. The molecule has 0 aromatic carbocycles. The zero-order chi connectivity index (χ0) is 34.0. The van der Waals surface area contributed by atoms with Crippen LogP contribution in [0, 0.1) is 16.7 Å². The average molecular weight is 661 g/mol. The summed E-state index contributed by atoms with van der Waals surface area (Å²) in [4.78, 5) is 28.8. The molecule has 0 radical (unpaired) electrons. The molecule has 0 bridgehead atoms. The Balaban J connectivity index is 3.05. The molecule has 0 aromatic heterocycles. The Hall–Kier alpha value is -0.609. The van der Waals surface area contributed by atoms with Crippen LogP contribution in [0.3, 0.4) is 0 Å². The van der Waals surface area contributed by atoms with Crippen molar-refractivity contribution in [2.24, 2.45) is 16.7 Å². The number of rotatable bonds is 9. The van der Waals surface area contributed by atoms with Crippen LogP contribution in [0.15, 0.2) is 0 Å². The lowest BCUT2D eigenvalue weighted by Gasteiger charge is -2.55. The Kier molecular flexibility index (Phi) is 10.7. The third-order valence-electron chi connectivity index (χ3n) is 12.0. The SMILES string of the molecule is CCO[C@@]1(N2CC(C)(C(C)(C)C)C(=O)NC2=O)O[C@H](C(O)[Si](C)(C)C(C)(C)C)[C@](O)([Si](C)(C)C(C)(C)C)C1CO[SiH](C)C. The molecule has 9 nitrogen and oxygen atoms in total. The van der Waals surface area contributed by atoms with E-state index in [4.69, 9.17) is 13.9 Å². The summed E-state index contributed by atoms with van der Waals surface area (Å²) in [5.41, 5.74) is -2.50. The van der Waals surface area contributed by atoms with E-state index in [9.17, 15) is 19.8 Å². The fourth-order valence-corrected chi connectivity index (χ4v) is 12.1. The van der Waals surface area contributed by atoms with E-state index in [-0.39, 0.29) is 35.7 Å². The Morgan fingerprint density at radius 2 is 1.56 bits per heavy atom. The number of aliphatic hydroxyl groups is 2. The topological polar surface area (TPSA) is 118 Å². The summed E-state index contributed by atoms with van der Waals surface area (Å²) in [6.45, 7) is 35.3. The lowest BCUT2D eigenvalue weighted by molar-refractivity contribution is -0.320. The molecule has 252 valence electrons. The number of urea groups is 1. The zero-order valence-electron chi connectivity index (χ0n) is 30.3. The molecule has 0 aliphatic carbocycles. The number of nitrogens with zero attached hydrogens (tertiary/aromatic N) is 1. The van der Waals surface area contributed by atoms with Crippen LogP contribution in [0.2, 0.25) is 49.4 Å². The van der Waals surface area contributed by atoms with Gasteiger partial charge in [0.25, 0.3) is 5.91 Å². The van der Waals surface area contributed by atoms with Gasteiger partial charge in [0.1, 0.15) is 6.10 Å².